The van der Waals surface area contributed by atoms with Crippen LogP contribution in [0.25, 0.3) is 16.8 Å². The Kier molecular flexibility index (Phi) is 5.29. The van der Waals surface area contributed by atoms with Gasteiger partial charge in [-0.05, 0) is 41.1 Å². The SMILES string of the molecule is COc1ccc2ccccc2c1C=C1SC(=S)N(c2cccc(C(F)(F)F)c2)C1=O. The molecule has 1 heterocycles. The lowest BCUT2D eigenvalue weighted by atomic mass is 10.0. The summed E-state index contributed by atoms with van der Waals surface area (Å²) >= 11 is 6.35. The number of thioether (sulfide) groups is 1. The lowest BCUT2D eigenvalue weighted by molar-refractivity contribution is -0.137. The van der Waals surface area contributed by atoms with Gasteiger partial charge in [0.25, 0.3) is 5.91 Å². The van der Waals surface area contributed by atoms with Gasteiger partial charge in [-0.3, -0.25) is 9.69 Å². The van der Waals surface area contributed by atoms with Gasteiger partial charge in [0.1, 0.15) is 5.75 Å². The highest BCUT2D eigenvalue weighted by Gasteiger charge is 2.36. The summed E-state index contributed by atoms with van der Waals surface area (Å²) in [5.41, 5.74) is -0.0468. The highest BCUT2D eigenvalue weighted by molar-refractivity contribution is 8.27. The zero-order valence-corrected chi connectivity index (χ0v) is 17.2. The molecule has 1 aliphatic rings. The fourth-order valence-corrected chi connectivity index (χ4v) is 4.53. The third kappa shape index (κ3) is 3.68. The Morgan fingerprint density at radius 1 is 1.07 bits per heavy atom. The highest BCUT2D eigenvalue weighted by Crippen LogP contribution is 2.40. The Morgan fingerprint density at radius 3 is 2.57 bits per heavy atom. The molecular weight excluding hydrogens is 431 g/mol. The number of amides is 1. The maximum Gasteiger partial charge on any atom is 0.416 e. The summed E-state index contributed by atoms with van der Waals surface area (Å²) in [5, 5.41) is 1.86. The van der Waals surface area contributed by atoms with E-state index in [2.05, 4.69) is 0 Å². The molecule has 0 bridgehead atoms. The Hall–Kier alpha value is -2.84. The summed E-state index contributed by atoms with van der Waals surface area (Å²) in [6.07, 6.45) is -2.84. The molecule has 3 aromatic rings. The Labute approximate surface area is 180 Å². The molecule has 0 radical (unpaired) electrons. The van der Waals surface area contributed by atoms with Gasteiger partial charge in [0, 0.05) is 5.56 Å². The normalized spacial score (nSPS) is 16.0. The van der Waals surface area contributed by atoms with Crippen LogP contribution < -0.4 is 9.64 Å². The van der Waals surface area contributed by atoms with Crippen molar-refractivity contribution in [3.8, 4) is 5.75 Å². The van der Waals surface area contributed by atoms with Gasteiger partial charge in [0.2, 0.25) is 0 Å². The number of benzene rings is 3. The van der Waals surface area contributed by atoms with Crippen molar-refractivity contribution in [1.29, 1.82) is 0 Å². The fraction of sp³-hybridized carbons (Fsp3) is 0.0909. The second-order valence-corrected chi connectivity index (χ2v) is 8.14. The molecule has 1 amide bonds. The summed E-state index contributed by atoms with van der Waals surface area (Å²) in [5.74, 6) is 0.109. The molecule has 0 spiro atoms. The third-order valence-corrected chi connectivity index (χ3v) is 5.95. The van der Waals surface area contributed by atoms with E-state index in [1.54, 1.807) is 6.08 Å². The molecule has 1 saturated heterocycles. The summed E-state index contributed by atoms with van der Waals surface area (Å²) in [6.45, 7) is 0. The first-order valence-electron chi connectivity index (χ1n) is 8.80. The maximum atomic E-state index is 13.1. The minimum absolute atomic E-state index is 0.0839. The molecular formula is C22H14F3NO2S2. The standard InChI is InChI=1S/C22H14F3NO2S2/c1-28-18-10-9-13-5-2-3-8-16(13)17(18)12-19-20(27)26(21(29)30-19)15-7-4-6-14(11-15)22(23,24)25/h2-12H,1H3. The molecule has 152 valence electrons. The molecule has 0 N–H and O–H groups in total. The first-order chi connectivity index (χ1) is 14.3. The first-order valence-corrected chi connectivity index (χ1v) is 10.0. The Morgan fingerprint density at radius 2 is 1.83 bits per heavy atom. The molecule has 1 fully saturated rings. The van der Waals surface area contributed by atoms with Crippen LogP contribution >= 0.6 is 24.0 Å². The van der Waals surface area contributed by atoms with Crippen LogP contribution in [0.5, 0.6) is 5.75 Å². The van der Waals surface area contributed by atoms with Crippen molar-refractivity contribution in [2.45, 2.75) is 6.18 Å². The second kappa shape index (κ2) is 7.77. The van der Waals surface area contributed by atoms with Crippen molar-refractivity contribution in [1.82, 2.24) is 0 Å². The Balaban J connectivity index is 1.78. The molecule has 3 nitrogen and oxygen atoms in total. The molecule has 0 aliphatic carbocycles. The minimum Gasteiger partial charge on any atom is -0.496 e. The molecule has 0 atom stereocenters. The summed E-state index contributed by atoms with van der Waals surface area (Å²) < 4.78 is 44.9. The van der Waals surface area contributed by atoms with Gasteiger partial charge in [0.15, 0.2) is 4.32 Å². The number of fused-ring (bicyclic) bond motifs is 1. The quantitative estimate of drug-likeness (QED) is 0.351. The lowest BCUT2D eigenvalue weighted by Crippen LogP contribution is -2.27. The Bertz CT molecular complexity index is 1200. The number of hydrogen-bond donors (Lipinski definition) is 0. The van der Waals surface area contributed by atoms with Gasteiger partial charge in [-0.15, -0.1) is 0 Å². The van der Waals surface area contributed by atoms with E-state index in [0.717, 1.165) is 39.6 Å². The lowest BCUT2D eigenvalue weighted by Gasteiger charge is -2.16. The zero-order valence-electron chi connectivity index (χ0n) is 15.6. The second-order valence-electron chi connectivity index (χ2n) is 6.47. The van der Waals surface area contributed by atoms with E-state index >= 15 is 0 Å². The van der Waals surface area contributed by atoms with Crippen LogP contribution in [0.15, 0.2) is 65.6 Å². The van der Waals surface area contributed by atoms with Gasteiger partial charge in [-0.25, -0.2) is 0 Å². The number of carbonyl (C=O) groups excluding carboxylic acids is 1. The van der Waals surface area contributed by atoms with Crippen molar-refractivity contribution in [2.75, 3.05) is 12.0 Å². The summed E-state index contributed by atoms with van der Waals surface area (Å²) in [6, 6.07) is 15.9. The maximum absolute atomic E-state index is 13.1. The van der Waals surface area contributed by atoms with E-state index in [0.29, 0.717) is 16.2 Å². The van der Waals surface area contributed by atoms with E-state index in [1.807, 2.05) is 36.4 Å². The number of anilines is 1. The largest absolute Gasteiger partial charge is 0.496 e. The number of ether oxygens (including phenoxy) is 1. The van der Waals surface area contributed by atoms with Gasteiger partial charge < -0.3 is 4.74 Å². The van der Waals surface area contributed by atoms with Crippen LogP contribution in [-0.4, -0.2) is 17.3 Å². The van der Waals surface area contributed by atoms with Crippen molar-refractivity contribution in [3.05, 3.63) is 76.7 Å². The van der Waals surface area contributed by atoms with Crippen LogP contribution in [0.3, 0.4) is 0 Å². The van der Waals surface area contributed by atoms with Gasteiger partial charge in [-0.2, -0.15) is 13.2 Å². The molecule has 8 heteroatoms. The minimum atomic E-state index is -4.51. The number of carbonyl (C=O) groups is 1. The fourth-order valence-electron chi connectivity index (χ4n) is 3.25. The number of thiocarbonyl (C=S) groups is 1. The number of nitrogens with zero attached hydrogens (tertiary/aromatic N) is 1. The molecule has 4 rings (SSSR count). The van der Waals surface area contributed by atoms with Crippen LogP contribution in [0.4, 0.5) is 18.9 Å². The molecule has 3 aromatic carbocycles. The van der Waals surface area contributed by atoms with E-state index in [4.69, 9.17) is 17.0 Å². The van der Waals surface area contributed by atoms with Gasteiger partial charge >= 0.3 is 6.18 Å². The number of halogens is 3. The van der Waals surface area contributed by atoms with Crippen molar-refractivity contribution in [3.63, 3.8) is 0 Å². The summed E-state index contributed by atoms with van der Waals surface area (Å²) in [4.78, 5) is 14.5. The van der Waals surface area contributed by atoms with Crippen LogP contribution in [0.1, 0.15) is 11.1 Å². The number of methoxy groups -OCH3 is 1. The number of rotatable bonds is 3. The zero-order chi connectivity index (χ0) is 21.5. The first kappa shape index (κ1) is 20.4. The predicted molar refractivity (Wildman–Crippen MR) is 118 cm³/mol. The van der Waals surface area contributed by atoms with Crippen LogP contribution in [-0.2, 0) is 11.0 Å². The van der Waals surface area contributed by atoms with Crippen LogP contribution in [0, 0.1) is 0 Å². The van der Waals surface area contributed by atoms with Crippen molar-refractivity contribution < 1.29 is 22.7 Å². The van der Waals surface area contributed by atoms with E-state index in [9.17, 15) is 18.0 Å². The monoisotopic (exact) mass is 445 g/mol. The molecule has 0 unspecified atom stereocenters. The number of hydrogen-bond acceptors (Lipinski definition) is 4. The van der Waals surface area contributed by atoms with Gasteiger partial charge in [-0.1, -0.05) is 60.4 Å². The summed E-state index contributed by atoms with van der Waals surface area (Å²) in [7, 11) is 1.54. The molecule has 1 aliphatic heterocycles. The average Bonchev–Trinajstić information content (AvgIpc) is 3.00. The molecule has 0 saturated carbocycles. The highest BCUT2D eigenvalue weighted by atomic mass is 32.2. The van der Waals surface area contributed by atoms with Crippen molar-refractivity contribution >= 4 is 56.7 Å². The van der Waals surface area contributed by atoms with Gasteiger partial charge in [0.05, 0.1) is 23.3 Å². The van der Waals surface area contributed by atoms with E-state index < -0.39 is 17.6 Å². The molecule has 30 heavy (non-hydrogen) atoms. The average molecular weight is 445 g/mol. The third-order valence-electron chi connectivity index (χ3n) is 4.65. The molecule has 0 aromatic heterocycles. The van der Waals surface area contributed by atoms with Crippen LogP contribution in [0.2, 0.25) is 0 Å². The topological polar surface area (TPSA) is 29.5 Å². The predicted octanol–water partition coefficient (Wildman–Crippen LogP) is 6.27. The number of alkyl halides is 3. The van der Waals surface area contributed by atoms with E-state index in [-0.39, 0.29) is 10.0 Å². The van der Waals surface area contributed by atoms with E-state index in [1.165, 1.54) is 19.2 Å². The van der Waals surface area contributed by atoms with Crippen molar-refractivity contribution in [2.24, 2.45) is 0 Å². The smallest absolute Gasteiger partial charge is 0.416 e.